The Morgan fingerprint density at radius 3 is 2.36 bits per heavy atom. The number of carbonyl (C=O) groups is 2. The molecule has 2 aromatic carbocycles. The molecule has 0 saturated carbocycles. The van der Waals surface area contributed by atoms with Crippen LogP contribution in [0.4, 0.5) is 18.9 Å². The number of alkyl halides is 3. The standard InChI is InChI=1S/C29H30ClF3N2O4/c1-3-18(2)26(35-21-10-7-19(8-11-21)27(36)5-4-6-28(37)38)17-39-22-12-14-25(34-16-22)23-13-9-20(15-24(23)30)29(31,32)33/h7-16,18,26,35H,3-6,17H2,1-2H3,(H,37,38)/t18-,26+/m0/s1. The number of hydrogen-bond donors (Lipinski definition) is 2. The summed E-state index contributed by atoms with van der Waals surface area (Å²) in [6.45, 7) is 4.49. The SMILES string of the molecule is CC[C@H](C)[C@@H](COc1ccc(-c2ccc(C(F)(F)F)cc2Cl)nc1)Nc1ccc(C(=O)CCCC(=O)O)cc1. The number of rotatable bonds is 13. The van der Waals surface area contributed by atoms with Crippen LogP contribution >= 0.6 is 11.6 Å². The Bertz CT molecular complexity index is 1270. The summed E-state index contributed by atoms with van der Waals surface area (Å²) in [5, 5.41) is 12.1. The van der Waals surface area contributed by atoms with E-state index in [-0.39, 0.29) is 35.6 Å². The van der Waals surface area contributed by atoms with Gasteiger partial charge in [-0.25, -0.2) is 0 Å². The van der Waals surface area contributed by atoms with Gasteiger partial charge in [-0.1, -0.05) is 37.9 Å². The second kappa shape index (κ2) is 13.5. The number of benzene rings is 2. The van der Waals surface area contributed by atoms with Gasteiger partial charge < -0.3 is 15.2 Å². The molecule has 2 N–H and O–H groups in total. The predicted octanol–water partition coefficient (Wildman–Crippen LogP) is 7.76. The van der Waals surface area contributed by atoms with Gasteiger partial charge in [0, 0.05) is 29.7 Å². The van der Waals surface area contributed by atoms with Gasteiger partial charge in [-0.15, -0.1) is 0 Å². The summed E-state index contributed by atoms with van der Waals surface area (Å²) in [7, 11) is 0. The summed E-state index contributed by atoms with van der Waals surface area (Å²) in [6.07, 6.45) is -1.64. The van der Waals surface area contributed by atoms with Gasteiger partial charge in [-0.05, 0) is 60.9 Å². The number of hydrogen-bond acceptors (Lipinski definition) is 5. The highest BCUT2D eigenvalue weighted by atomic mass is 35.5. The summed E-state index contributed by atoms with van der Waals surface area (Å²) in [5.74, 6) is -0.270. The molecule has 6 nitrogen and oxygen atoms in total. The number of carbonyl (C=O) groups excluding carboxylic acids is 1. The highest BCUT2D eigenvalue weighted by Crippen LogP contribution is 2.35. The Kier molecular flexibility index (Phi) is 10.3. The lowest BCUT2D eigenvalue weighted by Gasteiger charge is -2.25. The predicted molar refractivity (Wildman–Crippen MR) is 144 cm³/mol. The van der Waals surface area contributed by atoms with E-state index in [1.165, 1.54) is 12.3 Å². The average Bonchev–Trinajstić information content (AvgIpc) is 2.90. The summed E-state index contributed by atoms with van der Waals surface area (Å²) in [5.41, 5.74) is 1.34. The molecule has 0 bridgehead atoms. The number of anilines is 1. The van der Waals surface area contributed by atoms with Gasteiger partial charge >= 0.3 is 12.1 Å². The van der Waals surface area contributed by atoms with Crippen LogP contribution in [-0.2, 0) is 11.0 Å². The van der Waals surface area contributed by atoms with Gasteiger partial charge in [0.15, 0.2) is 5.78 Å². The highest BCUT2D eigenvalue weighted by molar-refractivity contribution is 6.33. The Morgan fingerprint density at radius 2 is 1.79 bits per heavy atom. The zero-order chi connectivity index (χ0) is 28.6. The molecule has 2 atom stereocenters. The second-order valence-corrected chi connectivity index (χ2v) is 9.67. The van der Waals surface area contributed by atoms with Crippen LogP contribution < -0.4 is 10.1 Å². The third-order valence-corrected chi connectivity index (χ3v) is 6.74. The van der Waals surface area contributed by atoms with Gasteiger partial charge in [0.1, 0.15) is 12.4 Å². The Balaban J connectivity index is 1.61. The molecular formula is C29H30ClF3N2O4. The molecule has 0 unspecified atom stereocenters. The number of ketones is 1. The number of ether oxygens (including phenoxy) is 1. The Morgan fingerprint density at radius 1 is 1.08 bits per heavy atom. The fraction of sp³-hybridized carbons (Fsp3) is 0.345. The van der Waals surface area contributed by atoms with Crippen molar-refractivity contribution in [2.45, 2.75) is 51.7 Å². The molecule has 3 rings (SSSR count). The summed E-state index contributed by atoms with van der Waals surface area (Å²) in [6, 6.07) is 13.5. The minimum absolute atomic E-state index is 0.0387. The van der Waals surface area contributed by atoms with Crippen molar-refractivity contribution in [2.75, 3.05) is 11.9 Å². The van der Waals surface area contributed by atoms with Crippen LogP contribution in [0.3, 0.4) is 0 Å². The number of halogens is 4. The Labute approximate surface area is 230 Å². The van der Waals surface area contributed by atoms with Gasteiger partial charge in [0.05, 0.1) is 28.5 Å². The van der Waals surface area contributed by atoms with E-state index in [2.05, 4.69) is 24.1 Å². The van der Waals surface area contributed by atoms with E-state index < -0.39 is 17.7 Å². The van der Waals surface area contributed by atoms with Crippen molar-refractivity contribution in [3.8, 4) is 17.0 Å². The van der Waals surface area contributed by atoms with Crippen molar-refractivity contribution >= 4 is 29.0 Å². The summed E-state index contributed by atoms with van der Waals surface area (Å²) >= 11 is 6.08. The third-order valence-electron chi connectivity index (χ3n) is 6.42. The van der Waals surface area contributed by atoms with E-state index in [1.807, 2.05) is 12.1 Å². The number of nitrogens with zero attached hydrogens (tertiary/aromatic N) is 1. The third kappa shape index (κ3) is 8.71. The van der Waals surface area contributed by atoms with Gasteiger partial charge in [0.2, 0.25) is 0 Å². The second-order valence-electron chi connectivity index (χ2n) is 9.27. The molecule has 0 saturated heterocycles. The average molecular weight is 563 g/mol. The van der Waals surface area contributed by atoms with E-state index >= 15 is 0 Å². The molecule has 208 valence electrons. The topological polar surface area (TPSA) is 88.5 Å². The molecule has 0 radical (unpaired) electrons. The summed E-state index contributed by atoms with van der Waals surface area (Å²) in [4.78, 5) is 27.2. The van der Waals surface area contributed by atoms with E-state index in [0.717, 1.165) is 24.2 Å². The van der Waals surface area contributed by atoms with Crippen LogP contribution in [0, 0.1) is 5.92 Å². The fourth-order valence-corrected chi connectivity index (χ4v) is 4.13. The fourth-order valence-electron chi connectivity index (χ4n) is 3.85. The molecule has 0 aliphatic heterocycles. The van der Waals surface area contributed by atoms with Crippen molar-refractivity contribution < 1.29 is 32.6 Å². The van der Waals surface area contributed by atoms with Crippen molar-refractivity contribution in [2.24, 2.45) is 5.92 Å². The van der Waals surface area contributed by atoms with Gasteiger partial charge in [0.25, 0.3) is 0 Å². The maximum absolute atomic E-state index is 12.9. The minimum atomic E-state index is -4.48. The quantitative estimate of drug-likeness (QED) is 0.207. The van der Waals surface area contributed by atoms with Crippen LogP contribution in [0.2, 0.25) is 5.02 Å². The van der Waals surface area contributed by atoms with Crippen LogP contribution in [0.5, 0.6) is 5.75 Å². The molecule has 39 heavy (non-hydrogen) atoms. The van der Waals surface area contributed by atoms with E-state index in [4.69, 9.17) is 21.4 Å². The smallest absolute Gasteiger partial charge is 0.416 e. The zero-order valence-electron chi connectivity index (χ0n) is 21.6. The van der Waals surface area contributed by atoms with Crippen LogP contribution in [0.25, 0.3) is 11.3 Å². The molecule has 10 heteroatoms. The van der Waals surface area contributed by atoms with Crippen molar-refractivity contribution in [1.82, 2.24) is 4.98 Å². The number of aromatic nitrogens is 1. The lowest BCUT2D eigenvalue weighted by atomic mass is 9.99. The first-order valence-electron chi connectivity index (χ1n) is 12.6. The molecule has 0 aliphatic rings. The van der Waals surface area contributed by atoms with Crippen molar-refractivity contribution in [1.29, 1.82) is 0 Å². The number of pyridine rings is 1. The molecule has 1 aromatic heterocycles. The summed E-state index contributed by atoms with van der Waals surface area (Å²) < 4.78 is 44.7. The zero-order valence-corrected chi connectivity index (χ0v) is 22.4. The number of aliphatic carboxylic acids is 1. The van der Waals surface area contributed by atoms with Crippen LogP contribution in [0.1, 0.15) is 55.5 Å². The van der Waals surface area contributed by atoms with Crippen molar-refractivity contribution in [3.63, 3.8) is 0 Å². The van der Waals surface area contributed by atoms with Gasteiger partial charge in [-0.3, -0.25) is 14.6 Å². The van der Waals surface area contributed by atoms with Crippen LogP contribution in [-0.4, -0.2) is 34.5 Å². The molecule has 0 spiro atoms. The van der Waals surface area contributed by atoms with E-state index in [1.54, 1.807) is 24.3 Å². The maximum atomic E-state index is 12.9. The lowest BCUT2D eigenvalue weighted by Crippen LogP contribution is -2.33. The molecule has 0 fully saturated rings. The number of Topliss-reactive ketones (excluding diaryl/α,β-unsaturated/α-hetero) is 1. The van der Waals surface area contributed by atoms with E-state index in [9.17, 15) is 22.8 Å². The molecule has 0 amide bonds. The molecule has 1 heterocycles. The normalized spacial score (nSPS) is 13.0. The molecule has 3 aromatic rings. The van der Waals surface area contributed by atoms with E-state index in [0.29, 0.717) is 35.6 Å². The highest BCUT2D eigenvalue weighted by Gasteiger charge is 2.31. The minimum Gasteiger partial charge on any atom is -0.490 e. The first kappa shape index (κ1) is 30.0. The first-order chi connectivity index (χ1) is 18.5. The number of nitrogens with one attached hydrogen (secondary N) is 1. The maximum Gasteiger partial charge on any atom is 0.416 e. The Hall–Kier alpha value is -3.59. The molecule has 0 aliphatic carbocycles. The number of carboxylic acids is 1. The van der Waals surface area contributed by atoms with Crippen molar-refractivity contribution in [3.05, 3.63) is 76.9 Å². The number of carboxylic acid groups (broad SMARTS) is 1. The largest absolute Gasteiger partial charge is 0.490 e. The van der Waals surface area contributed by atoms with Crippen LogP contribution in [0.15, 0.2) is 60.8 Å². The van der Waals surface area contributed by atoms with Gasteiger partial charge in [-0.2, -0.15) is 13.2 Å². The monoisotopic (exact) mass is 562 g/mol. The molecular weight excluding hydrogens is 533 g/mol. The first-order valence-corrected chi connectivity index (χ1v) is 12.9. The lowest BCUT2D eigenvalue weighted by molar-refractivity contribution is -0.138.